The quantitative estimate of drug-likeness (QED) is 0.511. The third-order valence-electron chi connectivity index (χ3n) is 4.94. The monoisotopic (exact) mass is 423 g/mol. The molecule has 2 aromatic carbocycles. The number of aliphatic hydroxyl groups excluding tert-OH is 1. The van der Waals surface area contributed by atoms with Crippen LogP contribution in [0.25, 0.3) is 11.3 Å². The molecule has 0 aliphatic carbocycles. The molecule has 1 heterocycles. The highest BCUT2D eigenvalue weighted by Gasteiger charge is 2.23. The van der Waals surface area contributed by atoms with Crippen LogP contribution >= 0.6 is 0 Å². The van der Waals surface area contributed by atoms with Crippen LogP contribution in [0.4, 0.5) is 0 Å². The van der Waals surface area contributed by atoms with Crippen LogP contribution in [-0.2, 0) is 13.6 Å². The molecule has 1 atom stereocenters. The Kier molecular flexibility index (Phi) is 7.71. The van der Waals surface area contributed by atoms with Crippen LogP contribution in [-0.4, -0.2) is 46.1 Å². The topological polar surface area (TPSA) is 59.8 Å². The zero-order valence-electron chi connectivity index (χ0n) is 19.1. The number of rotatable bonds is 10. The Labute approximate surface area is 185 Å². The molecule has 1 aromatic heterocycles. The number of hydrogen-bond donors (Lipinski definition) is 1. The average molecular weight is 424 g/mol. The van der Waals surface area contributed by atoms with Crippen LogP contribution in [0, 0.1) is 5.92 Å². The van der Waals surface area contributed by atoms with Gasteiger partial charge in [-0.1, -0.05) is 44.2 Å². The minimum atomic E-state index is -0.415. The van der Waals surface area contributed by atoms with Gasteiger partial charge in [-0.05, 0) is 37.1 Å². The van der Waals surface area contributed by atoms with E-state index in [2.05, 4.69) is 30.9 Å². The zero-order valence-corrected chi connectivity index (χ0v) is 19.1. The van der Waals surface area contributed by atoms with E-state index in [9.17, 15) is 5.11 Å². The van der Waals surface area contributed by atoms with Crippen LogP contribution in [0.15, 0.2) is 54.6 Å². The molecule has 0 fully saturated rings. The molecular formula is C25H33N3O3. The predicted octanol–water partition coefficient (Wildman–Crippen LogP) is 4.73. The third-order valence-corrected chi connectivity index (χ3v) is 4.94. The average Bonchev–Trinajstić information content (AvgIpc) is 3.03. The number of ether oxygens (including phenoxy) is 2. The second kappa shape index (κ2) is 10.5. The predicted molar refractivity (Wildman–Crippen MR) is 124 cm³/mol. The lowest BCUT2D eigenvalue weighted by molar-refractivity contribution is 0.114. The minimum Gasteiger partial charge on any atom is -0.497 e. The highest BCUT2D eigenvalue weighted by Crippen LogP contribution is 2.34. The van der Waals surface area contributed by atoms with Gasteiger partial charge in [-0.25, -0.2) is 4.68 Å². The van der Waals surface area contributed by atoms with Crippen molar-refractivity contribution in [2.75, 3.05) is 20.2 Å². The van der Waals surface area contributed by atoms with E-state index in [0.29, 0.717) is 24.9 Å². The lowest BCUT2D eigenvalue weighted by Gasteiger charge is -2.26. The van der Waals surface area contributed by atoms with Crippen molar-refractivity contribution < 1.29 is 14.6 Å². The van der Waals surface area contributed by atoms with Crippen molar-refractivity contribution in [2.45, 2.75) is 33.4 Å². The molecule has 3 aromatic rings. The molecule has 1 N–H and O–H groups in total. The standard InChI is InChI=1S/C25H33N3O3/c1-18(2)15-28(16-19(3)29)17-23-24(20-9-7-6-8-10-20)26-27(4)25(23)31-22-13-11-21(30-5)12-14-22/h6-14,18-19,29H,15-17H2,1-5H3/t19-/m0/s1. The number of aromatic nitrogens is 2. The number of methoxy groups -OCH3 is 1. The number of aryl methyl sites for hydroxylation is 1. The van der Waals surface area contributed by atoms with Gasteiger partial charge in [0.2, 0.25) is 5.88 Å². The van der Waals surface area contributed by atoms with Crippen molar-refractivity contribution in [2.24, 2.45) is 13.0 Å². The van der Waals surface area contributed by atoms with Crippen molar-refractivity contribution >= 4 is 0 Å². The highest BCUT2D eigenvalue weighted by atomic mass is 16.5. The molecular weight excluding hydrogens is 390 g/mol. The van der Waals surface area contributed by atoms with Crippen molar-refractivity contribution in [1.82, 2.24) is 14.7 Å². The summed E-state index contributed by atoms with van der Waals surface area (Å²) in [6.45, 7) is 8.28. The molecule has 31 heavy (non-hydrogen) atoms. The molecule has 0 radical (unpaired) electrons. The van der Waals surface area contributed by atoms with Crippen LogP contribution < -0.4 is 9.47 Å². The Morgan fingerprint density at radius 2 is 1.61 bits per heavy atom. The number of aliphatic hydroxyl groups is 1. The van der Waals surface area contributed by atoms with Crippen molar-refractivity contribution in [1.29, 1.82) is 0 Å². The van der Waals surface area contributed by atoms with Gasteiger partial charge in [0.15, 0.2) is 0 Å². The SMILES string of the molecule is COc1ccc(Oc2c(CN(CC(C)C)C[C@H](C)O)c(-c3ccccc3)nn2C)cc1. The van der Waals surface area contributed by atoms with Crippen LogP contribution in [0.5, 0.6) is 17.4 Å². The van der Waals surface area contributed by atoms with Crippen molar-refractivity contribution in [3.05, 3.63) is 60.2 Å². The summed E-state index contributed by atoms with van der Waals surface area (Å²) < 4.78 is 13.3. The van der Waals surface area contributed by atoms with Gasteiger partial charge in [-0.2, -0.15) is 5.10 Å². The fourth-order valence-corrected chi connectivity index (χ4v) is 3.72. The molecule has 0 aliphatic heterocycles. The maximum atomic E-state index is 10.1. The summed E-state index contributed by atoms with van der Waals surface area (Å²) in [4.78, 5) is 2.26. The summed E-state index contributed by atoms with van der Waals surface area (Å²) in [7, 11) is 3.54. The van der Waals surface area contributed by atoms with Crippen molar-refractivity contribution in [3.8, 4) is 28.6 Å². The molecule has 0 bridgehead atoms. The summed E-state index contributed by atoms with van der Waals surface area (Å²) in [6, 6.07) is 17.7. The second-order valence-electron chi connectivity index (χ2n) is 8.34. The Hall–Kier alpha value is -2.83. The van der Waals surface area contributed by atoms with E-state index in [0.717, 1.165) is 34.9 Å². The number of nitrogens with zero attached hydrogens (tertiary/aromatic N) is 3. The first-order valence-electron chi connectivity index (χ1n) is 10.7. The fraction of sp³-hybridized carbons (Fsp3) is 0.400. The maximum Gasteiger partial charge on any atom is 0.222 e. The fourth-order valence-electron chi connectivity index (χ4n) is 3.72. The smallest absolute Gasteiger partial charge is 0.222 e. The van der Waals surface area contributed by atoms with E-state index in [-0.39, 0.29) is 0 Å². The Morgan fingerprint density at radius 3 is 2.19 bits per heavy atom. The summed E-state index contributed by atoms with van der Waals surface area (Å²) >= 11 is 0. The summed E-state index contributed by atoms with van der Waals surface area (Å²) in [5, 5.41) is 14.9. The highest BCUT2D eigenvalue weighted by molar-refractivity contribution is 5.65. The van der Waals surface area contributed by atoms with Gasteiger partial charge in [-0.3, -0.25) is 4.90 Å². The van der Waals surface area contributed by atoms with Crippen LogP contribution in [0.1, 0.15) is 26.3 Å². The van der Waals surface area contributed by atoms with E-state index < -0.39 is 6.10 Å². The van der Waals surface area contributed by atoms with Crippen LogP contribution in [0.3, 0.4) is 0 Å². The van der Waals surface area contributed by atoms with E-state index >= 15 is 0 Å². The summed E-state index contributed by atoms with van der Waals surface area (Å²) in [6.07, 6.45) is -0.415. The van der Waals surface area contributed by atoms with Crippen molar-refractivity contribution in [3.63, 3.8) is 0 Å². The Balaban J connectivity index is 2.01. The molecule has 3 rings (SSSR count). The third kappa shape index (κ3) is 6.09. The number of hydrogen-bond acceptors (Lipinski definition) is 5. The minimum absolute atomic E-state index is 0.415. The molecule has 6 heteroatoms. The lowest BCUT2D eigenvalue weighted by Crippen LogP contribution is -2.33. The summed E-state index contributed by atoms with van der Waals surface area (Å²) in [5.41, 5.74) is 2.94. The first kappa shape index (κ1) is 22.8. The van der Waals surface area contributed by atoms with Gasteiger partial charge in [0.05, 0.1) is 18.8 Å². The molecule has 6 nitrogen and oxygen atoms in total. The summed E-state index contributed by atoms with van der Waals surface area (Å²) in [5.74, 6) is 2.67. The molecule has 0 unspecified atom stereocenters. The Bertz CT molecular complexity index is 940. The second-order valence-corrected chi connectivity index (χ2v) is 8.34. The van der Waals surface area contributed by atoms with Gasteiger partial charge in [0.25, 0.3) is 0 Å². The largest absolute Gasteiger partial charge is 0.497 e. The Morgan fingerprint density at radius 1 is 0.968 bits per heavy atom. The van der Waals surface area contributed by atoms with E-state index in [1.54, 1.807) is 11.8 Å². The van der Waals surface area contributed by atoms with E-state index in [1.807, 2.05) is 56.4 Å². The molecule has 0 aliphatic rings. The number of benzene rings is 2. The first-order valence-corrected chi connectivity index (χ1v) is 10.7. The molecule has 166 valence electrons. The van der Waals surface area contributed by atoms with Crippen LogP contribution in [0.2, 0.25) is 0 Å². The molecule has 0 amide bonds. The molecule has 0 saturated heterocycles. The molecule has 0 saturated carbocycles. The lowest BCUT2D eigenvalue weighted by atomic mass is 10.1. The maximum absolute atomic E-state index is 10.1. The normalized spacial score (nSPS) is 12.4. The van der Waals surface area contributed by atoms with Gasteiger partial charge in [0, 0.05) is 32.2 Å². The van der Waals surface area contributed by atoms with Gasteiger partial charge in [0.1, 0.15) is 17.2 Å². The zero-order chi connectivity index (χ0) is 22.4. The first-order chi connectivity index (χ1) is 14.9. The van der Waals surface area contributed by atoms with E-state index in [1.165, 1.54) is 0 Å². The molecule has 0 spiro atoms. The van der Waals surface area contributed by atoms with E-state index in [4.69, 9.17) is 14.6 Å². The van der Waals surface area contributed by atoms with Gasteiger partial charge >= 0.3 is 0 Å². The van der Waals surface area contributed by atoms with Gasteiger partial charge in [-0.15, -0.1) is 0 Å². The van der Waals surface area contributed by atoms with Gasteiger partial charge < -0.3 is 14.6 Å².